The summed E-state index contributed by atoms with van der Waals surface area (Å²) in [4.78, 5) is 13.2. The summed E-state index contributed by atoms with van der Waals surface area (Å²) in [5, 5.41) is 18.5. The molecule has 2 aromatic carbocycles. The topological polar surface area (TPSA) is 86.2 Å². The molecule has 6 heteroatoms. The number of ether oxygens (including phenoxy) is 1. The van der Waals surface area contributed by atoms with Gasteiger partial charge < -0.3 is 20.7 Å². The van der Waals surface area contributed by atoms with E-state index < -0.39 is 6.04 Å². The van der Waals surface area contributed by atoms with Crippen molar-refractivity contribution >= 4 is 11.7 Å². The van der Waals surface area contributed by atoms with Crippen molar-refractivity contribution in [3.63, 3.8) is 0 Å². The molecular formula is C23H30N4O2. The average molecular weight is 395 g/mol. The lowest BCUT2D eigenvalue weighted by Crippen LogP contribution is -2.61. The summed E-state index contributed by atoms with van der Waals surface area (Å²) in [5.74, 6) is 0.628. The molecule has 29 heavy (non-hydrogen) atoms. The van der Waals surface area contributed by atoms with Crippen LogP contribution in [0, 0.1) is 5.41 Å². The molecule has 0 spiro atoms. The molecule has 6 nitrogen and oxygen atoms in total. The van der Waals surface area contributed by atoms with E-state index in [1.165, 1.54) is 0 Å². The highest BCUT2D eigenvalue weighted by molar-refractivity contribution is 6.00. The molecule has 1 atom stereocenters. The highest BCUT2D eigenvalue weighted by atomic mass is 16.5. The van der Waals surface area contributed by atoms with Crippen LogP contribution in [0.25, 0.3) is 0 Å². The van der Waals surface area contributed by atoms with Crippen LogP contribution in [0.3, 0.4) is 0 Å². The number of piperidine rings is 1. The van der Waals surface area contributed by atoms with E-state index in [4.69, 9.17) is 10.1 Å². The predicted octanol–water partition coefficient (Wildman–Crippen LogP) is 2.70. The maximum Gasteiger partial charge on any atom is 0.255 e. The highest BCUT2D eigenvalue weighted by Gasteiger charge is 2.44. The predicted molar refractivity (Wildman–Crippen MR) is 116 cm³/mol. The van der Waals surface area contributed by atoms with E-state index in [1.54, 1.807) is 19.2 Å². The van der Waals surface area contributed by atoms with E-state index >= 15 is 0 Å². The number of hydrogen-bond acceptors (Lipinski definition) is 4. The number of likely N-dealkylation sites (N-methyl/N-ethyl adjacent to an activating group) is 1. The van der Waals surface area contributed by atoms with Gasteiger partial charge in [0.1, 0.15) is 11.6 Å². The first-order valence-corrected chi connectivity index (χ1v) is 10.1. The first-order chi connectivity index (χ1) is 14.1. The maximum absolute atomic E-state index is 13.2. The van der Waals surface area contributed by atoms with Crippen LogP contribution in [-0.4, -0.2) is 44.5 Å². The molecule has 4 N–H and O–H groups in total. The third-order valence-electron chi connectivity index (χ3n) is 5.68. The second-order valence-electron chi connectivity index (χ2n) is 7.32. The van der Waals surface area contributed by atoms with Crippen molar-refractivity contribution in [3.05, 3.63) is 65.7 Å². The maximum atomic E-state index is 13.2. The van der Waals surface area contributed by atoms with Gasteiger partial charge in [0, 0.05) is 12.0 Å². The molecule has 1 saturated heterocycles. The van der Waals surface area contributed by atoms with Gasteiger partial charge in [-0.3, -0.25) is 10.2 Å². The molecule has 0 radical (unpaired) electrons. The van der Waals surface area contributed by atoms with Crippen molar-refractivity contribution in [2.75, 3.05) is 26.7 Å². The van der Waals surface area contributed by atoms with Gasteiger partial charge in [-0.25, -0.2) is 0 Å². The third-order valence-corrected chi connectivity index (χ3v) is 5.68. The van der Waals surface area contributed by atoms with Crippen LogP contribution in [-0.2, 0) is 5.41 Å². The molecular weight excluding hydrogens is 364 g/mol. The van der Waals surface area contributed by atoms with Gasteiger partial charge in [-0.2, -0.15) is 0 Å². The number of carbonyl (C=O) groups is 1. The fraction of sp³-hybridized carbons (Fsp3) is 0.391. The molecule has 1 fully saturated rings. The fourth-order valence-corrected chi connectivity index (χ4v) is 4.21. The number of carbonyl (C=O) groups excluding carboxylic acids is 1. The molecule has 0 aromatic heterocycles. The van der Waals surface area contributed by atoms with Crippen molar-refractivity contribution in [1.29, 1.82) is 5.41 Å². The summed E-state index contributed by atoms with van der Waals surface area (Å²) in [6.07, 6.45) is 1.67. The van der Waals surface area contributed by atoms with Gasteiger partial charge in [0.05, 0.1) is 18.7 Å². The van der Waals surface area contributed by atoms with Gasteiger partial charge in [-0.1, -0.05) is 42.5 Å². The third kappa shape index (κ3) is 4.43. The Labute approximate surface area is 172 Å². The van der Waals surface area contributed by atoms with Crippen LogP contribution >= 0.6 is 0 Å². The van der Waals surface area contributed by atoms with Crippen LogP contribution in [0.1, 0.15) is 35.7 Å². The molecule has 2 aromatic rings. The van der Waals surface area contributed by atoms with Gasteiger partial charge in [0.25, 0.3) is 5.91 Å². The second-order valence-corrected chi connectivity index (χ2v) is 7.32. The lowest BCUT2D eigenvalue weighted by Gasteiger charge is -2.44. The van der Waals surface area contributed by atoms with Crippen molar-refractivity contribution in [2.45, 2.75) is 31.2 Å². The molecule has 0 aliphatic carbocycles. The van der Waals surface area contributed by atoms with Crippen LogP contribution in [0.2, 0.25) is 0 Å². The monoisotopic (exact) mass is 394 g/mol. The number of hydrogen-bond donors (Lipinski definition) is 4. The quantitative estimate of drug-likeness (QED) is 0.430. The number of amidine groups is 1. The smallest absolute Gasteiger partial charge is 0.255 e. The van der Waals surface area contributed by atoms with Gasteiger partial charge in [0.15, 0.2) is 0 Å². The van der Waals surface area contributed by atoms with E-state index in [1.807, 2.05) is 37.3 Å². The van der Waals surface area contributed by atoms with E-state index in [2.05, 4.69) is 28.1 Å². The molecule has 3 rings (SSSR count). The van der Waals surface area contributed by atoms with Crippen LogP contribution in [0.5, 0.6) is 5.75 Å². The SMILES string of the molecule is CCNC(=N)C(NC(=O)c1ccccc1OC)C1(c2ccccc2)CCNCC1. The van der Waals surface area contributed by atoms with Gasteiger partial charge in [-0.15, -0.1) is 0 Å². The zero-order chi connectivity index (χ0) is 20.7. The number of nitrogens with one attached hydrogen (secondary N) is 4. The molecule has 1 heterocycles. The molecule has 0 saturated carbocycles. The Morgan fingerprint density at radius 3 is 2.45 bits per heavy atom. The zero-order valence-electron chi connectivity index (χ0n) is 17.1. The number of methoxy groups -OCH3 is 1. The molecule has 1 amide bonds. The van der Waals surface area contributed by atoms with Gasteiger partial charge in [0.2, 0.25) is 0 Å². The Morgan fingerprint density at radius 2 is 1.79 bits per heavy atom. The largest absolute Gasteiger partial charge is 0.496 e. The van der Waals surface area contributed by atoms with Crippen molar-refractivity contribution in [3.8, 4) is 5.75 Å². The number of rotatable bonds is 7. The molecule has 154 valence electrons. The molecule has 1 aliphatic rings. The van der Waals surface area contributed by atoms with Gasteiger partial charge in [-0.05, 0) is 50.6 Å². The van der Waals surface area contributed by atoms with Crippen molar-refractivity contribution < 1.29 is 9.53 Å². The van der Waals surface area contributed by atoms with Crippen LogP contribution in [0.4, 0.5) is 0 Å². The van der Waals surface area contributed by atoms with Crippen molar-refractivity contribution in [2.24, 2.45) is 0 Å². The first-order valence-electron chi connectivity index (χ1n) is 10.1. The minimum Gasteiger partial charge on any atom is -0.496 e. The summed E-state index contributed by atoms with van der Waals surface area (Å²) in [5.41, 5.74) is 1.26. The Balaban J connectivity index is 2.01. The summed E-state index contributed by atoms with van der Waals surface area (Å²) in [7, 11) is 1.56. The van der Waals surface area contributed by atoms with Crippen molar-refractivity contribution in [1.82, 2.24) is 16.0 Å². The normalized spacial score (nSPS) is 16.5. The Morgan fingerprint density at radius 1 is 1.14 bits per heavy atom. The molecule has 1 unspecified atom stereocenters. The van der Waals surface area contributed by atoms with Crippen LogP contribution in [0.15, 0.2) is 54.6 Å². The van der Waals surface area contributed by atoms with Gasteiger partial charge >= 0.3 is 0 Å². The highest BCUT2D eigenvalue weighted by Crippen LogP contribution is 2.37. The summed E-state index contributed by atoms with van der Waals surface area (Å²) >= 11 is 0. The lowest BCUT2D eigenvalue weighted by molar-refractivity contribution is 0.0918. The summed E-state index contributed by atoms with van der Waals surface area (Å²) in [6.45, 7) is 4.28. The Bertz CT molecular complexity index is 832. The summed E-state index contributed by atoms with van der Waals surface area (Å²) in [6, 6.07) is 17.0. The number of amides is 1. The number of benzene rings is 2. The minimum atomic E-state index is -0.468. The van der Waals surface area contributed by atoms with E-state index in [0.29, 0.717) is 23.7 Å². The Hall–Kier alpha value is -2.86. The summed E-state index contributed by atoms with van der Waals surface area (Å²) < 4.78 is 5.37. The van der Waals surface area contributed by atoms with Crippen LogP contribution < -0.4 is 20.7 Å². The fourth-order valence-electron chi connectivity index (χ4n) is 4.21. The van der Waals surface area contributed by atoms with E-state index in [-0.39, 0.29) is 11.3 Å². The average Bonchev–Trinajstić information content (AvgIpc) is 2.78. The minimum absolute atomic E-state index is 0.232. The van der Waals surface area contributed by atoms with E-state index in [0.717, 1.165) is 31.5 Å². The lowest BCUT2D eigenvalue weighted by atomic mass is 9.67. The standard InChI is InChI=1S/C23H30N4O2/c1-3-26-21(24)20(27-22(28)18-11-7-8-12-19(18)29-2)23(13-15-25-16-14-23)17-9-5-4-6-10-17/h4-12,20,25H,3,13-16H2,1-2H3,(H2,24,26)(H,27,28). The molecule has 0 bridgehead atoms. The molecule has 1 aliphatic heterocycles. The second kappa shape index (κ2) is 9.56. The number of para-hydroxylation sites is 1. The first kappa shape index (κ1) is 20.9. The van der Waals surface area contributed by atoms with E-state index in [9.17, 15) is 4.79 Å². The Kier molecular flexibility index (Phi) is 6.88. The zero-order valence-corrected chi connectivity index (χ0v) is 17.1.